The summed E-state index contributed by atoms with van der Waals surface area (Å²) in [5, 5.41) is 0. The normalized spacial score (nSPS) is 20.3. The maximum absolute atomic E-state index is 5.99. The van der Waals surface area contributed by atoms with Crippen LogP contribution >= 0.6 is 0 Å². The van der Waals surface area contributed by atoms with Crippen LogP contribution in [0.5, 0.6) is 5.75 Å². The number of hydrogen-bond donors (Lipinski definition) is 0. The molecule has 2 aromatic carbocycles. The third kappa shape index (κ3) is 5.10. The quantitative estimate of drug-likeness (QED) is 0.770. The lowest BCUT2D eigenvalue weighted by molar-refractivity contribution is 0.0133. The Balaban J connectivity index is 1.57. The molecule has 2 aliphatic heterocycles. The summed E-state index contributed by atoms with van der Waals surface area (Å²) in [6, 6.07) is 17.9. The molecule has 144 valence electrons. The maximum atomic E-state index is 5.99. The molecular weight excluding hydrogens is 338 g/mol. The average Bonchev–Trinajstić information content (AvgIpc) is 2.71. The summed E-state index contributed by atoms with van der Waals surface area (Å²) in [5.74, 6) is 0.965. The summed E-state index contributed by atoms with van der Waals surface area (Å²) in [6.07, 6.45) is 3.11. The molecule has 4 heteroatoms. The first-order chi connectivity index (χ1) is 13.4. The topological polar surface area (TPSA) is 30.9 Å². The molecule has 0 atom stereocenters. The second-order valence-electron chi connectivity index (χ2n) is 7.38. The Kier molecular flexibility index (Phi) is 6.40. The van der Waals surface area contributed by atoms with E-state index in [1.54, 1.807) is 0 Å². The van der Waals surface area contributed by atoms with E-state index in [-0.39, 0.29) is 0 Å². The van der Waals surface area contributed by atoms with Crippen molar-refractivity contribution >= 4 is 0 Å². The van der Waals surface area contributed by atoms with Gasteiger partial charge in [-0.05, 0) is 35.6 Å². The lowest BCUT2D eigenvalue weighted by Gasteiger charge is -2.34. The Bertz CT molecular complexity index is 727. The van der Waals surface area contributed by atoms with E-state index in [1.165, 1.54) is 16.7 Å². The lowest BCUT2D eigenvalue weighted by atomic mass is 10.0. The highest BCUT2D eigenvalue weighted by atomic mass is 16.5. The highest BCUT2D eigenvalue weighted by Crippen LogP contribution is 2.23. The van der Waals surface area contributed by atoms with Crippen molar-refractivity contribution in [1.29, 1.82) is 0 Å². The number of hydrogen-bond acceptors (Lipinski definition) is 4. The van der Waals surface area contributed by atoms with Crippen molar-refractivity contribution in [3.05, 3.63) is 65.2 Å². The van der Waals surface area contributed by atoms with E-state index in [0.29, 0.717) is 19.3 Å². The van der Waals surface area contributed by atoms with Crippen molar-refractivity contribution in [3.63, 3.8) is 0 Å². The Morgan fingerprint density at radius 2 is 1.59 bits per heavy atom. The molecular formula is C23H29NO3. The second-order valence-corrected chi connectivity index (χ2v) is 7.38. The van der Waals surface area contributed by atoms with Crippen LogP contribution in [0.2, 0.25) is 0 Å². The van der Waals surface area contributed by atoms with Crippen molar-refractivity contribution in [3.8, 4) is 5.75 Å². The third-order valence-electron chi connectivity index (χ3n) is 5.46. The van der Waals surface area contributed by atoms with Gasteiger partial charge in [0.1, 0.15) is 12.4 Å². The fourth-order valence-corrected chi connectivity index (χ4v) is 4.02. The molecule has 0 saturated carbocycles. The number of benzene rings is 2. The molecule has 0 radical (unpaired) electrons. The first-order valence-corrected chi connectivity index (χ1v) is 10.1. The van der Waals surface area contributed by atoms with E-state index in [0.717, 1.165) is 57.9 Å². The van der Waals surface area contributed by atoms with Gasteiger partial charge in [0.25, 0.3) is 0 Å². The summed E-state index contributed by atoms with van der Waals surface area (Å²) in [4.78, 5) is 2.57. The number of nitrogens with zero attached hydrogens (tertiary/aromatic N) is 1. The molecule has 0 amide bonds. The highest BCUT2D eigenvalue weighted by Gasteiger charge is 2.21. The molecule has 0 aliphatic carbocycles. The van der Waals surface area contributed by atoms with Crippen LogP contribution < -0.4 is 4.74 Å². The van der Waals surface area contributed by atoms with Gasteiger partial charge in [0, 0.05) is 38.8 Å². The van der Waals surface area contributed by atoms with Crippen LogP contribution in [-0.2, 0) is 22.4 Å². The predicted octanol–water partition coefficient (Wildman–Crippen LogP) is 3.67. The summed E-state index contributed by atoms with van der Waals surface area (Å²) in [5.41, 5.74) is 3.94. The van der Waals surface area contributed by atoms with Crippen LogP contribution in [-0.4, -0.2) is 50.5 Å². The van der Waals surface area contributed by atoms with Crippen LogP contribution in [0.15, 0.2) is 48.5 Å². The molecule has 0 spiro atoms. The first kappa shape index (κ1) is 18.5. The summed E-state index contributed by atoms with van der Waals surface area (Å²) >= 11 is 0. The number of fused-ring (bicyclic) bond motifs is 3. The minimum absolute atomic E-state index is 0.580. The Labute approximate surface area is 162 Å². The van der Waals surface area contributed by atoms with Gasteiger partial charge in [-0.1, -0.05) is 42.5 Å². The van der Waals surface area contributed by atoms with E-state index in [9.17, 15) is 0 Å². The fraction of sp³-hybridized carbons (Fsp3) is 0.478. The molecule has 1 fully saturated rings. The fourth-order valence-electron chi connectivity index (χ4n) is 4.02. The van der Waals surface area contributed by atoms with Crippen molar-refractivity contribution in [1.82, 2.24) is 4.90 Å². The highest BCUT2D eigenvalue weighted by molar-refractivity contribution is 5.38. The van der Waals surface area contributed by atoms with Gasteiger partial charge in [-0.15, -0.1) is 0 Å². The Hall–Kier alpha value is -1.88. The van der Waals surface area contributed by atoms with Gasteiger partial charge in [0.15, 0.2) is 0 Å². The van der Waals surface area contributed by atoms with Gasteiger partial charge in [-0.2, -0.15) is 0 Å². The zero-order valence-corrected chi connectivity index (χ0v) is 15.9. The van der Waals surface area contributed by atoms with E-state index >= 15 is 0 Å². The minimum atomic E-state index is 0.580. The number of ether oxygens (including phenoxy) is 3. The molecule has 2 aromatic rings. The molecule has 0 aromatic heterocycles. The van der Waals surface area contributed by atoms with Crippen LogP contribution in [0.1, 0.15) is 29.5 Å². The average molecular weight is 367 g/mol. The molecule has 27 heavy (non-hydrogen) atoms. The van der Waals surface area contributed by atoms with Gasteiger partial charge < -0.3 is 14.2 Å². The number of para-hydroxylation sites is 1. The van der Waals surface area contributed by atoms with Crippen molar-refractivity contribution in [2.75, 3.05) is 39.6 Å². The Morgan fingerprint density at radius 1 is 0.778 bits per heavy atom. The molecule has 2 heterocycles. The third-order valence-corrected chi connectivity index (χ3v) is 5.46. The minimum Gasteiger partial charge on any atom is -0.491 e. The summed E-state index contributed by atoms with van der Waals surface area (Å²) in [6.45, 7) is 5.61. The maximum Gasteiger partial charge on any atom is 0.122 e. The molecule has 0 N–H and O–H groups in total. The van der Waals surface area contributed by atoms with Gasteiger partial charge in [0.05, 0.1) is 13.2 Å². The second kappa shape index (κ2) is 9.36. The monoisotopic (exact) mass is 367 g/mol. The zero-order chi connectivity index (χ0) is 18.3. The Morgan fingerprint density at radius 3 is 2.52 bits per heavy atom. The van der Waals surface area contributed by atoms with E-state index in [1.807, 2.05) is 6.07 Å². The molecule has 2 aliphatic rings. The predicted molar refractivity (Wildman–Crippen MR) is 106 cm³/mol. The largest absolute Gasteiger partial charge is 0.491 e. The molecule has 4 nitrogen and oxygen atoms in total. The van der Waals surface area contributed by atoms with Crippen molar-refractivity contribution in [2.24, 2.45) is 0 Å². The van der Waals surface area contributed by atoms with Crippen LogP contribution in [0.25, 0.3) is 0 Å². The van der Waals surface area contributed by atoms with Crippen molar-refractivity contribution in [2.45, 2.75) is 31.8 Å². The van der Waals surface area contributed by atoms with E-state index in [2.05, 4.69) is 47.4 Å². The zero-order valence-electron chi connectivity index (χ0n) is 15.9. The van der Waals surface area contributed by atoms with Gasteiger partial charge >= 0.3 is 0 Å². The van der Waals surface area contributed by atoms with Gasteiger partial charge in [-0.25, -0.2) is 0 Å². The summed E-state index contributed by atoms with van der Waals surface area (Å²) in [7, 11) is 0. The standard InChI is InChI=1S/C23H29NO3/c1-2-7-23-21(6-1)17-19-4-3-5-20(16-19)18-24(10-13-26-14-15-27-23)22-8-11-25-12-9-22/h1-7,16,22H,8-15,17-18H2. The van der Waals surface area contributed by atoms with E-state index < -0.39 is 0 Å². The van der Waals surface area contributed by atoms with Crippen LogP contribution in [0.3, 0.4) is 0 Å². The van der Waals surface area contributed by atoms with E-state index in [4.69, 9.17) is 14.2 Å². The molecule has 1 saturated heterocycles. The lowest BCUT2D eigenvalue weighted by Crippen LogP contribution is -2.41. The SMILES string of the molecule is c1cc2cc(c1)CN(C1CCOCC1)CCOCCOc1ccccc1C2. The van der Waals surface area contributed by atoms with Crippen molar-refractivity contribution < 1.29 is 14.2 Å². The molecule has 0 unspecified atom stereocenters. The number of rotatable bonds is 1. The smallest absolute Gasteiger partial charge is 0.122 e. The summed E-state index contributed by atoms with van der Waals surface area (Å²) < 4.78 is 17.4. The molecule has 4 rings (SSSR count). The van der Waals surface area contributed by atoms with Gasteiger partial charge in [-0.3, -0.25) is 4.90 Å². The van der Waals surface area contributed by atoms with Crippen LogP contribution in [0, 0.1) is 0 Å². The molecule has 2 bridgehead atoms. The van der Waals surface area contributed by atoms with Crippen LogP contribution in [0.4, 0.5) is 0 Å². The first-order valence-electron chi connectivity index (χ1n) is 10.1. The van der Waals surface area contributed by atoms with Gasteiger partial charge in [0.2, 0.25) is 0 Å².